The first-order valence-corrected chi connectivity index (χ1v) is 3.64. The number of hydrogen-bond acceptors (Lipinski definition) is 5. The largest absolute Gasteiger partial charge is 0.355 e. The lowest BCUT2D eigenvalue weighted by Crippen LogP contribution is -2.22. The molecule has 0 spiro atoms. The molecule has 0 unspecified atom stereocenters. The molecule has 7 heteroatoms. The molecule has 0 N–H and O–H groups in total. The van der Waals surface area contributed by atoms with E-state index in [1.165, 1.54) is 16.9 Å². The Morgan fingerprint density at radius 1 is 1.36 bits per heavy atom. The number of rotatable bonds is 0. The third-order valence-electron chi connectivity index (χ3n) is 1.84. The lowest BCUT2D eigenvalue weighted by Gasteiger charge is -1.90. The van der Waals surface area contributed by atoms with Crippen molar-refractivity contribution in [1.82, 2.24) is 14.4 Å². The molecule has 2 aromatic rings. The van der Waals surface area contributed by atoms with Crippen LogP contribution in [0, 0.1) is 0 Å². The summed E-state index contributed by atoms with van der Waals surface area (Å²) in [5.41, 5.74) is 0.132. The molecule has 0 aromatic carbocycles. The molecule has 70 valence electrons. The van der Waals surface area contributed by atoms with Gasteiger partial charge in [-0.1, -0.05) is 0 Å². The Hall–Kier alpha value is -1.82. The van der Waals surface area contributed by atoms with Crippen LogP contribution in [0.15, 0.2) is 27.2 Å². The van der Waals surface area contributed by atoms with Gasteiger partial charge < -0.3 is 0 Å². The highest BCUT2D eigenvalue weighted by Gasteiger charge is 2.10. The molecule has 1 aliphatic rings. The van der Waals surface area contributed by atoms with E-state index in [1.807, 2.05) is 0 Å². The first-order chi connectivity index (χ1) is 6.36. The van der Waals surface area contributed by atoms with Crippen LogP contribution in [0.3, 0.4) is 0 Å². The highest BCUT2D eigenvalue weighted by molar-refractivity contribution is 5.85. The molecule has 0 aliphatic carbocycles. The number of hydrogen-bond donors (Lipinski definition) is 0. The minimum absolute atomic E-state index is 0. The third kappa shape index (κ3) is 0.942. The van der Waals surface area contributed by atoms with Crippen molar-refractivity contribution in [3.63, 3.8) is 0 Å². The van der Waals surface area contributed by atoms with Crippen LogP contribution in [0.4, 0.5) is 5.82 Å². The van der Waals surface area contributed by atoms with E-state index in [-0.39, 0.29) is 18.1 Å². The highest BCUT2D eigenvalue weighted by Crippen LogP contribution is 2.02. The standard InChI is InChI=1S/C7H3N5O.ClH/c13-7-11-5-4(9-3-10-5)6-8-1-2-12(6)7;/h1-3H;1H. The van der Waals surface area contributed by atoms with Crippen LogP contribution < -0.4 is 11.0 Å². The van der Waals surface area contributed by atoms with Gasteiger partial charge >= 0.3 is 5.69 Å². The lowest BCUT2D eigenvalue weighted by molar-refractivity contribution is 0.987. The summed E-state index contributed by atoms with van der Waals surface area (Å²) >= 11 is 0. The molecule has 14 heavy (non-hydrogen) atoms. The van der Waals surface area contributed by atoms with Crippen LogP contribution in [0.25, 0.3) is 5.65 Å². The fourth-order valence-corrected chi connectivity index (χ4v) is 1.28. The van der Waals surface area contributed by atoms with Crippen molar-refractivity contribution in [3.05, 3.63) is 28.2 Å². The maximum atomic E-state index is 11.3. The fraction of sp³-hybridized carbons (Fsp3) is 0. The third-order valence-corrected chi connectivity index (χ3v) is 1.84. The van der Waals surface area contributed by atoms with Gasteiger partial charge in [0.1, 0.15) is 6.34 Å². The van der Waals surface area contributed by atoms with E-state index in [4.69, 9.17) is 0 Å². The summed E-state index contributed by atoms with van der Waals surface area (Å²) in [6.45, 7) is 0. The number of fused-ring (bicyclic) bond motifs is 3. The normalized spacial score (nSPS) is 12.3. The zero-order valence-electron chi connectivity index (χ0n) is 6.78. The van der Waals surface area contributed by atoms with Crippen molar-refractivity contribution in [2.45, 2.75) is 0 Å². The zero-order valence-corrected chi connectivity index (χ0v) is 7.60. The summed E-state index contributed by atoms with van der Waals surface area (Å²) in [5, 5.41) is 0.560. The summed E-state index contributed by atoms with van der Waals surface area (Å²) in [6, 6.07) is 0. The van der Waals surface area contributed by atoms with E-state index in [0.717, 1.165) is 0 Å². The molecule has 0 fully saturated rings. The number of aromatic nitrogens is 3. The van der Waals surface area contributed by atoms with Gasteiger partial charge in [0.2, 0.25) is 0 Å². The molecule has 3 rings (SSSR count). The molecule has 0 saturated carbocycles. The van der Waals surface area contributed by atoms with Crippen LogP contribution in [-0.4, -0.2) is 20.7 Å². The monoisotopic (exact) mass is 209 g/mol. The van der Waals surface area contributed by atoms with Crippen molar-refractivity contribution in [1.29, 1.82) is 0 Å². The highest BCUT2D eigenvalue weighted by atomic mass is 35.5. The Kier molecular flexibility index (Phi) is 1.78. The van der Waals surface area contributed by atoms with Crippen LogP contribution in [0.1, 0.15) is 0 Å². The van der Waals surface area contributed by atoms with Gasteiger partial charge in [-0.15, -0.1) is 12.4 Å². The zero-order chi connectivity index (χ0) is 8.84. The van der Waals surface area contributed by atoms with Gasteiger partial charge in [-0.2, -0.15) is 4.98 Å². The van der Waals surface area contributed by atoms with Gasteiger partial charge in [-0.05, 0) is 0 Å². The van der Waals surface area contributed by atoms with E-state index in [1.54, 1.807) is 6.20 Å². The average molecular weight is 210 g/mol. The second kappa shape index (κ2) is 2.85. The summed E-state index contributed by atoms with van der Waals surface area (Å²) < 4.78 is 1.34. The Balaban J connectivity index is 0.000000750. The Morgan fingerprint density at radius 2 is 2.21 bits per heavy atom. The second-order valence-electron chi connectivity index (χ2n) is 2.56. The van der Waals surface area contributed by atoms with Gasteiger partial charge in [-0.3, -0.25) is 0 Å². The molecule has 6 nitrogen and oxygen atoms in total. The molecule has 0 radical (unpaired) electrons. The van der Waals surface area contributed by atoms with Gasteiger partial charge in [0.05, 0.1) is 0 Å². The van der Waals surface area contributed by atoms with Crippen LogP contribution in [-0.2, 0) is 0 Å². The van der Waals surface area contributed by atoms with E-state index < -0.39 is 0 Å². The maximum Gasteiger partial charge on any atom is 0.355 e. The van der Waals surface area contributed by atoms with Crippen molar-refractivity contribution >= 4 is 30.2 Å². The number of imidazole rings is 1. The van der Waals surface area contributed by atoms with Crippen molar-refractivity contribution in [2.24, 2.45) is 9.98 Å². The van der Waals surface area contributed by atoms with E-state index in [2.05, 4.69) is 20.0 Å². The van der Waals surface area contributed by atoms with Gasteiger partial charge in [-0.25, -0.2) is 24.2 Å². The van der Waals surface area contributed by atoms with Crippen LogP contribution in [0.5, 0.6) is 0 Å². The minimum atomic E-state index is -0.375. The van der Waals surface area contributed by atoms with Crippen molar-refractivity contribution in [2.75, 3.05) is 0 Å². The van der Waals surface area contributed by atoms with Crippen LogP contribution >= 0.6 is 12.4 Å². The first kappa shape index (κ1) is 8.76. The average Bonchev–Trinajstić information content (AvgIpc) is 2.66. The van der Waals surface area contributed by atoms with Gasteiger partial charge in [0.15, 0.2) is 16.8 Å². The molecular formula is C7H4ClN5O. The first-order valence-electron chi connectivity index (χ1n) is 3.64. The SMILES string of the molecule is Cl.O=c1nc2c(c3nccn13)=NC=N2. The lowest BCUT2D eigenvalue weighted by atomic mass is 10.5. The topological polar surface area (TPSA) is 72.0 Å². The molecule has 0 bridgehead atoms. The number of halogens is 1. The van der Waals surface area contributed by atoms with Gasteiger partial charge in [0, 0.05) is 12.4 Å². The second-order valence-corrected chi connectivity index (χ2v) is 2.56. The Bertz CT molecular complexity index is 631. The van der Waals surface area contributed by atoms with E-state index in [0.29, 0.717) is 16.8 Å². The quantitative estimate of drug-likeness (QED) is 0.589. The van der Waals surface area contributed by atoms with Crippen molar-refractivity contribution in [3.8, 4) is 0 Å². The predicted octanol–water partition coefficient (Wildman–Crippen LogP) is -0.477. The molecule has 3 heterocycles. The molecule has 0 saturated heterocycles. The molecule has 1 aliphatic heterocycles. The number of aliphatic imine (C=N–C) groups is 1. The fourth-order valence-electron chi connectivity index (χ4n) is 1.28. The molecule has 2 aromatic heterocycles. The molecule has 0 atom stereocenters. The Morgan fingerprint density at radius 3 is 3.07 bits per heavy atom. The van der Waals surface area contributed by atoms with E-state index in [9.17, 15) is 4.79 Å². The smallest absolute Gasteiger partial charge is 0.248 e. The molecule has 0 amide bonds. The van der Waals surface area contributed by atoms with E-state index >= 15 is 0 Å². The van der Waals surface area contributed by atoms with Crippen LogP contribution in [0.2, 0.25) is 0 Å². The Labute approximate surface area is 83.5 Å². The number of nitrogens with zero attached hydrogens (tertiary/aromatic N) is 5. The van der Waals surface area contributed by atoms with Crippen molar-refractivity contribution < 1.29 is 0 Å². The van der Waals surface area contributed by atoms with Gasteiger partial charge in [0.25, 0.3) is 0 Å². The predicted molar refractivity (Wildman–Crippen MR) is 51.4 cm³/mol. The summed E-state index contributed by atoms with van der Waals surface area (Å²) in [7, 11) is 0. The molecular weight excluding hydrogens is 206 g/mol. The summed E-state index contributed by atoms with van der Waals surface area (Å²) in [6.07, 6.45) is 4.46. The minimum Gasteiger partial charge on any atom is -0.248 e. The summed E-state index contributed by atoms with van der Waals surface area (Å²) in [5.74, 6) is 0.351. The maximum absolute atomic E-state index is 11.3. The summed E-state index contributed by atoms with van der Waals surface area (Å²) in [4.78, 5) is 26.8.